The molecule has 0 spiro atoms. The zero-order valence-electron chi connectivity index (χ0n) is 10.3. The molecule has 3 heteroatoms. The Morgan fingerprint density at radius 2 is 2.33 bits per heavy atom. The van der Waals surface area contributed by atoms with Gasteiger partial charge in [0.15, 0.2) is 0 Å². The number of hydrogen-bond donors (Lipinski definition) is 1. The van der Waals surface area contributed by atoms with E-state index in [0.29, 0.717) is 6.04 Å². The van der Waals surface area contributed by atoms with Gasteiger partial charge >= 0.3 is 0 Å². The van der Waals surface area contributed by atoms with Gasteiger partial charge < -0.3 is 15.0 Å². The van der Waals surface area contributed by atoms with Crippen LogP contribution in [0.4, 0.5) is 0 Å². The maximum absolute atomic E-state index is 5.71. The molecule has 1 N–H and O–H groups in total. The molecule has 1 aliphatic heterocycles. The van der Waals surface area contributed by atoms with E-state index < -0.39 is 0 Å². The SMILES string of the molecule is CCNC(CCN(C)C)C1=CCCCO1. The minimum absolute atomic E-state index is 0.401. The minimum Gasteiger partial charge on any atom is -0.497 e. The molecule has 88 valence electrons. The molecule has 0 saturated carbocycles. The monoisotopic (exact) mass is 212 g/mol. The molecule has 1 rings (SSSR count). The zero-order chi connectivity index (χ0) is 11.1. The number of hydrogen-bond acceptors (Lipinski definition) is 3. The largest absolute Gasteiger partial charge is 0.497 e. The predicted molar refractivity (Wildman–Crippen MR) is 63.9 cm³/mol. The second kappa shape index (κ2) is 6.85. The molecular formula is C12H24N2O. The molecule has 0 saturated heterocycles. The first-order valence-electron chi connectivity index (χ1n) is 5.95. The van der Waals surface area contributed by atoms with Crippen molar-refractivity contribution < 1.29 is 4.74 Å². The van der Waals surface area contributed by atoms with Crippen LogP contribution in [0.25, 0.3) is 0 Å². The molecule has 0 bridgehead atoms. The average molecular weight is 212 g/mol. The van der Waals surface area contributed by atoms with Crippen LogP contribution in [-0.2, 0) is 4.74 Å². The first kappa shape index (κ1) is 12.5. The van der Waals surface area contributed by atoms with Crippen LogP contribution in [0.15, 0.2) is 11.8 Å². The summed E-state index contributed by atoms with van der Waals surface area (Å²) in [5.74, 6) is 1.16. The van der Waals surface area contributed by atoms with Gasteiger partial charge in [0.1, 0.15) is 5.76 Å². The first-order valence-corrected chi connectivity index (χ1v) is 5.95. The van der Waals surface area contributed by atoms with Crippen LogP contribution in [0, 0.1) is 0 Å². The summed E-state index contributed by atoms with van der Waals surface area (Å²) < 4.78 is 5.71. The molecule has 3 nitrogen and oxygen atoms in total. The fraction of sp³-hybridized carbons (Fsp3) is 0.833. The molecule has 0 aromatic carbocycles. The van der Waals surface area contributed by atoms with Gasteiger partial charge in [-0.1, -0.05) is 6.92 Å². The van der Waals surface area contributed by atoms with Gasteiger partial charge in [-0.3, -0.25) is 0 Å². The Balaban J connectivity index is 2.44. The van der Waals surface area contributed by atoms with Crippen molar-refractivity contribution in [2.45, 2.75) is 32.2 Å². The highest BCUT2D eigenvalue weighted by Gasteiger charge is 2.16. The van der Waals surface area contributed by atoms with Crippen LogP contribution in [0.5, 0.6) is 0 Å². The molecular weight excluding hydrogens is 188 g/mol. The fourth-order valence-corrected chi connectivity index (χ4v) is 1.80. The Bertz CT molecular complexity index is 202. The van der Waals surface area contributed by atoms with Gasteiger partial charge in [0.05, 0.1) is 12.6 Å². The third-order valence-electron chi connectivity index (χ3n) is 2.62. The van der Waals surface area contributed by atoms with Crippen molar-refractivity contribution in [2.24, 2.45) is 0 Å². The van der Waals surface area contributed by atoms with Crippen LogP contribution in [0.1, 0.15) is 26.2 Å². The summed E-state index contributed by atoms with van der Waals surface area (Å²) in [6.45, 7) is 5.12. The van der Waals surface area contributed by atoms with Crippen molar-refractivity contribution in [3.05, 3.63) is 11.8 Å². The number of allylic oxidation sites excluding steroid dienone is 1. The molecule has 0 radical (unpaired) electrons. The molecule has 0 aromatic rings. The molecule has 1 heterocycles. The van der Waals surface area contributed by atoms with Crippen molar-refractivity contribution in [2.75, 3.05) is 33.8 Å². The van der Waals surface area contributed by atoms with Crippen molar-refractivity contribution in [3.8, 4) is 0 Å². The van der Waals surface area contributed by atoms with Gasteiger partial charge in [-0.2, -0.15) is 0 Å². The molecule has 1 atom stereocenters. The van der Waals surface area contributed by atoms with E-state index in [4.69, 9.17) is 4.74 Å². The lowest BCUT2D eigenvalue weighted by molar-refractivity contribution is 0.162. The van der Waals surface area contributed by atoms with Crippen LogP contribution in [-0.4, -0.2) is 44.7 Å². The van der Waals surface area contributed by atoms with E-state index in [9.17, 15) is 0 Å². The van der Waals surface area contributed by atoms with E-state index in [1.54, 1.807) is 0 Å². The highest BCUT2D eigenvalue weighted by molar-refractivity contribution is 5.05. The smallest absolute Gasteiger partial charge is 0.109 e. The lowest BCUT2D eigenvalue weighted by Gasteiger charge is -2.25. The quantitative estimate of drug-likeness (QED) is 0.724. The van der Waals surface area contributed by atoms with E-state index in [1.165, 1.54) is 6.42 Å². The first-order chi connectivity index (χ1) is 7.24. The van der Waals surface area contributed by atoms with Gasteiger partial charge in [-0.05, 0) is 52.5 Å². The Hall–Kier alpha value is -0.540. The van der Waals surface area contributed by atoms with E-state index in [-0.39, 0.29) is 0 Å². The van der Waals surface area contributed by atoms with Gasteiger partial charge in [0.2, 0.25) is 0 Å². The summed E-state index contributed by atoms with van der Waals surface area (Å²) in [7, 11) is 4.22. The summed E-state index contributed by atoms with van der Waals surface area (Å²) in [4.78, 5) is 2.22. The van der Waals surface area contributed by atoms with Crippen molar-refractivity contribution in [3.63, 3.8) is 0 Å². The van der Waals surface area contributed by atoms with Gasteiger partial charge in [0, 0.05) is 0 Å². The number of nitrogens with zero attached hydrogens (tertiary/aromatic N) is 1. The van der Waals surface area contributed by atoms with Gasteiger partial charge in [-0.15, -0.1) is 0 Å². The van der Waals surface area contributed by atoms with Crippen LogP contribution >= 0.6 is 0 Å². The molecule has 1 unspecified atom stereocenters. The average Bonchev–Trinajstić information content (AvgIpc) is 2.25. The third-order valence-corrected chi connectivity index (χ3v) is 2.62. The summed E-state index contributed by atoms with van der Waals surface area (Å²) in [6, 6.07) is 0.401. The number of ether oxygens (including phenoxy) is 1. The lowest BCUT2D eigenvalue weighted by Crippen LogP contribution is -2.35. The van der Waals surface area contributed by atoms with Gasteiger partial charge in [-0.25, -0.2) is 0 Å². The summed E-state index contributed by atoms with van der Waals surface area (Å²) in [6.07, 6.45) is 5.69. The van der Waals surface area contributed by atoms with E-state index in [1.807, 2.05) is 0 Å². The lowest BCUT2D eigenvalue weighted by atomic mass is 10.1. The number of likely N-dealkylation sites (N-methyl/N-ethyl adjacent to an activating group) is 1. The highest BCUT2D eigenvalue weighted by Crippen LogP contribution is 2.15. The predicted octanol–water partition coefficient (Wildman–Crippen LogP) is 1.61. The Kier molecular flexibility index (Phi) is 5.73. The Morgan fingerprint density at radius 3 is 2.87 bits per heavy atom. The fourth-order valence-electron chi connectivity index (χ4n) is 1.80. The molecule has 15 heavy (non-hydrogen) atoms. The number of rotatable bonds is 6. The highest BCUT2D eigenvalue weighted by atomic mass is 16.5. The number of nitrogens with one attached hydrogen (secondary N) is 1. The standard InChI is InChI=1S/C12H24N2O/c1-4-13-11(8-9-14(2)3)12-7-5-6-10-15-12/h7,11,13H,4-6,8-10H2,1-3H3. The maximum Gasteiger partial charge on any atom is 0.109 e. The van der Waals surface area contributed by atoms with Crippen molar-refractivity contribution >= 4 is 0 Å². The minimum atomic E-state index is 0.401. The zero-order valence-corrected chi connectivity index (χ0v) is 10.3. The van der Waals surface area contributed by atoms with Crippen LogP contribution in [0.2, 0.25) is 0 Å². The third kappa shape index (κ3) is 4.67. The van der Waals surface area contributed by atoms with E-state index >= 15 is 0 Å². The second-order valence-corrected chi connectivity index (χ2v) is 4.30. The molecule has 0 aliphatic carbocycles. The topological polar surface area (TPSA) is 24.5 Å². The van der Waals surface area contributed by atoms with E-state index in [2.05, 4.69) is 37.3 Å². The normalized spacial score (nSPS) is 18.5. The summed E-state index contributed by atoms with van der Waals surface area (Å²) in [5, 5.41) is 3.49. The molecule has 0 amide bonds. The Morgan fingerprint density at radius 1 is 1.53 bits per heavy atom. The molecule has 1 aliphatic rings. The molecule has 0 fully saturated rings. The summed E-state index contributed by atoms with van der Waals surface area (Å²) >= 11 is 0. The second-order valence-electron chi connectivity index (χ2n) is 4.30. The summed E-state index contributed by atoms with van der Waals surface area (Å²) in [5.41, 5.74) is 0. The molecule has 0 aromatic heterocycles. The Labute approximate surface area is 93.5 Å². The van der Waals surface area contributed by atoms with Gasteiger partial charge in [0.25, 0.3) is 0 Å². The van der Waals surface area contributed by atoms with E-state index in [0.717, 1.165) is 38.3 Å². The van der Waals surface area contributed by atoms with Crippen LogP contribution < -0.4 is 5.32 Å². The van der Waals surface area contributed by atoms with Crippen LogP contribution in [0.3, 0.4) is 0 Å². The maximum atomic E-state index is 5.71. The van der Waals surface area contributed by atoms with Crippen molar-refractivity contribution in [1.29, 1.82) is 0 Å². The van der Waals surface area contributed by atoms with Crippen molar-refractivity contribution in [1.82, 2.24) is 10.2 Å².